The molecule has 1 fully saturated rings. The molecule has 0 amide bonds. The van der Waals surface area contributed by atoms with Gasteiger partial charge in [0.2, 0.25) is 5.78 Å². The summed E-state index contributed by atoms with van der Waals surface area (Å²) in [4.78, 5) is 23.2. The van der Waals surface area contributed by atoms with E-state index in [0.29, 0.717) is 0 Å². The number of ketones is 2. The summed E-state index contributed by atoms with van der Waals surface area (Å²) in [6.45, 7) is 1.81. The first-order valence-electron chi connectivity index (χ1n) is 4.60. The molecular weight excluding hydrogens is 199 g/mol. The molecule has 0 bridgehead atoms. The molecule has 2 unspecified atom stereocenters. The second-order valence-corrected chi connectivity index (χ2v) is 3.89. The van der Waals surface area contributed by atoms with Gasteiger partial charge in [-0.25, -0.2) is 0 Å². The molecule has 1 aliphatic heterocycles. The molecule has 0 aromatic heterocycles. The van der Waals surface area contributed by atoms with Gasteiger partial charge in [-0.15, -0.1) is 0 Å². The fraction of sp³-hybridized carbons (Fsp3) is 0.273. The summed E-state index contributed by atoms with van der Waals surface area (Å²) in [6, 6.07) is 4.75. The summed E-state index contributed by atoms with van der Waals surface area (Å²) >= 11 is 0. The van der Waals surface area contributed by atoms with Gasteiger partial charge in [-0.3, -0.25) is 9.59 Å². The van der Waals surface area contributed by atoms with E-state index < -0.39 is 23.5 Å². The number of epoxide rings is 1. The van der Waals surface area contributed by atoms with Crippen LogP contribution in [0.5, 0.6) is 0 Å². The number of ether oxygens (including phenoxy) is 1. The van der Waals surface area contributed by atoms with E-state index in [-0.39, 0.29) is 11.1 Å². The lowest BCUT2D eigenvalue weighted by atomic mass is 9.87. The van der Waals surface area contributed by atoms with Crippen molar-refractivity contribution in [1.29, 1.82) is 0 Å². The van der Waals surface area contributed by atoms with Crippen LogP contribution in [0.3, 0.4) is 0 Å². The highest BCUT2D eigenvalue weighted by Crippen LogP contribution is 2.47. The summed E-state index contributed by atoms with van der Waals surface area (Å²) in [5.41, 5.74) is 1.26. The second kappa shape index (κ2) is 2.33. The van der Waals surface area contributed by atoms with Crippen molar-refractivity contribution in [2.24, 2.45) is 0 Å². The van der Waals surface area contributed by atoms with Gasteiger partial charge in [0, 0.05) is 11.1 Å². The van der Waals surface area contributed by atoms with E-state index in [1.165, 1.54) is 6.07 Å². The number of halogens is 1. The van der Waals surface area contributed by atoms with Crippen molar-refractivity contribution in [3.05, 3.63) is 34.9 Å². The van der Waals surface area contributed by atoms with Gasteiger partial charge in [-0.1, -0.05) is 17.7 Å². The van der Waals surface area contributed by atoms with E-state index in [4.69, 9.17) is 0 Å². The third-order valence-electron chi connectivity index (χ3n) is 2.80. The first kappa shape index (κ1) is 8.73. The Morgan fingerprint density at radius 1 is 1.33 bits per heavy atom. The Morgan fingerprint density at radius 3 is 2.80 bits per heavy atom. The molecule has 76 valence electrons. The fourth-order valence-electron chi connectivity index (χ4n) is 1.92. The van der Waals surface area contributed by atoms with Crippen LogP contribution < -0.4 is 0 Å². The minimum absolute atomic E-state index is 0.127. The normalized spacial score (nSPS) is 32.3. The van der Waals surface area contributed by atoms with Gasteiger partial charge in [0.15, 0.2) is 11.9 Å². The van der Waals surface area contributed by atoms with Crippen LogP contribution in [0.4, 0.5) is 4.39 Å². The Kier molecular flexibility index (Phi) is 1.36. The third kappa shape index (κ3) is 0.920. The quantitative estimate of drug-likeness (QED) is 0.603. The predicted octanol–water partition coefficient (Wildman–Crippen LogP) is 1.44. The largest absolute Gasteiger partial charge is 0.319 e. The standard InChI is InChI=1S/C11H7FO3/c1-5-2-3-6-7(4-5)8(13)10-11(12,15-10)9(6)14/h2-4,10H,1H3. The Labute approximate surface area is 84.8 Å². The number of alkyl halides is 1. The average Bonchev–Trinajstić information content (AvgIpc) is 2.89. The van der Waals surface area contributed by atoms with Gasteiger partial charge >= 0.3 is 5.85 Å². The zero-order valence-corrected chi connectivity index (χ0v) is 7.91. The van der Waals surface area contributed by atoms with E-state index in [0.717, 1.165) is 5.56 Å². The highest BCUT2D eigenvalue weighted by Gasteiger charge is 2.70. The number of benzene rings is 1. The number of carbonyl (C=O) groups is 2. The van der Waals surface area contributed by atoms with E-state index in [9.17, 15) is 14.0 Å². The maximum Gasteiger partial charge on any atom is 0.308 e. The Morgan fingerprint density at radius 2 is 2.07 bits per heavy atom. The first-order valence-corrected chi connectivity index (χ1v) is 4.60. The Hall–Kier alpha value is -1.55. The Balaban J connectivity index is 2.25. The first-order chi connectivity index (χ1) is 7.04. The second-order valence-electron chi connectivity index (χ2n) is 3.89. The minimum atomic E-state index is -2.38. The average molecular weight is 206 g/mol. The number of carbonyl (C=O) groups excluding carboxylic acids is 2. The third-order valence-corrected chi connectivity index (χ3v) is 2.80. The van der Waals surface area contributed by atoms with Crippen molar-refractivity contribution in [2.45, 2.75) is 18.9 Å². The highest BCUT2D eigenvalue weighted by atomic mass is 19.2. The number of Topliss-reactive ketones (excluding diaryl/α,β-unsaturated/α-hetero) is 2. The Bertz CT molecular complexity index is 509. The molecule has 3 nitrogen and oxygen atoms in total. The number of rotatable bonds is 0. The molecule has 0 spiro atoms. The highest BCUT2D eigenvalue weighted by molar-refractivity contribution is 6.22. The SMILES string of the molecule is Cc1ccc2c(c1)C(=O)C1OC1(F)C2=O. The van der Waals surface area contributed by atoms with Gasteiger partial charge in [0.25, 0.3) is 0 Å². The summed E-state index contributed by atoms with van der Waals surface area (Å²) in [7, 11) is 0. The molecule has 2 atom stereocenters. The molecule has 0 saturated carbocycles. The van der Waals surface area contributed by atoms with Crippen LogP contribution >= 0.6 is 0 Å². The minimum Gasteiger partial charge on any atom is -0.319 e. The number of hydrogen-bond donors (Lipinski definition) is 0. The van der Waals surface area contributed by atoms with Crippen LogP contribution in [0.15, 0.2) is 18.2 Å². The number of hydrogen-bond acceptors (Lipinski definition) is 3. The van der Waals surface area contributed by atoms with Crippen molar-refractivity contribution in [2.75, 3.05) is 0 Å². The smallest absolute Gasteiger partial charge is 0.308 e. The van der Waals surface area contributed by atoms with Crippen molar-refractivity contribution in [3.63, 3.8) is 0 Å². The topological polar surface area (TPSA) is 46.7 Å². The maximum absolute atomic E-state index is 13.6. The van der Waals surface area contributed by atoms with Crippen molar-refractivity contribution in [1.82, 2.24) is 0 Å². The zero-order chi connectivity index (χ0) is 10.8. The van der Waals surface area contributed by atoms with E-state index in [1.807, 2.05) is 6.92 Å². The fourth-order valence-corrected chi connectivity index (χ4v) is 1.92. The number of aryl methyl sites for hydroxylation is 1. The summed E-state index contributed by atoms with van der Waals surface area (Å²) in [5, 5.41) is 0. The molecular formula is C11H7FO3. The lowest BCUT2D eigenvalue weighted by molar-refractivity contribution is 0.0659. The molecule has 2 aliphatic rings. The molecule has 3 rings (SSSR count). The zero-order valence-electron chi connectivity index (χ0n) is 7.91. The predicted molar refractivity (Wildman–Crippen MR) is 48.6 cm³/mol. The van der Waals surface area contributed by atoms with Gasteiger partial charge in [-0.05, 0) is 13.0 Å². The summed E-state index contributed by atoms with van der Waals surface area (Å²) in [6.07, 6.45) is -1.21. The van der Waals surface area contributed by atoms with Gasteiger partial charge in [0.05, 0.1) is 0 Å². The monoisotopic (exact) mass is 206 g/mol. The molecule has 1 aromatic carbocycles. The van der Waals surface area contributed by atoms with Crippen LogP contribution in [0.2, 0.25) is 0 Å². The molecule has 0 radical (unpaired) electrons. The van der Waals surface area contributed by atoms with Crippen LogP contribution in [0.1, 0.15) is 26.3 Å². The van der Waals surface area contributed by atoms with E-state index >= 15 is 0 Å². The van der Waals surface area contributed by atoms with Crippen molar-refractivity contribution < 1.29 is 18.7 Å². The molecule has 1 aliphatic carbocycles. The maximum atomic E-state index is 13.6. The van der Waals surface area contributed by atoms with E-state index in [1.54, 1.807) is 12.1 Å². The van der Waals surface area contributed by atoms with Gasteiger partial charge in [-0.2, -0.15) is 4.39 Å². The molecule has 1 heterocycles. The van der Waals surface area contributed by atoms with Crippen LogP contribution in [-0.4, -0.2) is 23.5 Å². The summed E-state index contributed by atoms with van der Waals surface area (Å²) < 4.78 is 18.1. The van der Waals surface area contributed by atoms with Crippen LogP contribution in [-0.2, 0) is 4.74 Å². The molecule has 4 heteroatoms. The molecule has 0 N–H and O–H groups in total. The van der Waals surface area contributed by atoms with Crippen LogP contribution in [0, 0.1) is 6.92 Å². The van der Waals surface area contributed by atoms with Crippen molar-refractivity contribution in [3.8, 4) is 0 Å². The van der Waals surface area contributed by atoms with Crippen molar-refractivity contribution >= 4 is 11.6 Å². The number of fused-ring (bicyclic) bond motifs is 2. The molecule has 1 saturated heterocycles. The van der Waals surface area contributed by atoms with E-state index in [2.05, 4.69) is 4.74 Å². The molecule has 15 heavy (non-hydrogen) atoms. The van der Waals surface area contributed by atoms with Crippen LogP contribution in [0.25, 0.3) is 0 Å². The van der Waals surface area contributed by atoms with Gasteiger partial charge < -0.3 is 4.74 Å². The van der Waals surface area contributed by atoms with Gasteiger partial charge in [0.1, 0.15) is 0 Å². The molecule has 1 aromatic rings. The lowest BCUT2D eigenvalue weighted by Gasteiger charge is -2.12. The summed E-state index contributed by atoms with van der Waals surface area (Å²) in [5.74, 6) is -3.54. The lowest BCUT2D eigenvalue weighted by Crippen LogP contribution is -2.33.